The number of ether oxygens (including phenoxy) is 1. The van der Waals surface area contributed by atoms with Crippen LogP contribution >= 0.6 is 0 Å². The highest BCUT2D eigenvalue weighted by molar-refractivity contribution is 7.89. The Labute approximate surface area is 189 Å². The van der Waals surface area contributed by atoms with Crippen LogP contribution in [0.3, 0.4) is 0 Å². The molecule has 176 valence electrons. The van der Waals surface area contributed by atoms with Gasteiger partial charge < -0.3 is 15.4 Å². The molecule has 2 heterocycles. The summed E-state index contributed by atoms with van der Waals surface area (Å²) in [4.78, 5) is 16.4. The van der Waals surface area contributed by atoms with E-state index in [0.717, 1.165) is 29.3 Å². The molecule has 0 bridgehead atoms. The fourth-order valence-electron chi connectivity index (χ4n) is 3.50. The molecule has 4 rings (SSSR count). The largest absolute Gasteiger partial charge is 0.492 e. The molecule has 0 spiro atoms. The Bertz CT molecular complexity index is 1240. The average molecular weight is 480 g/mol. The molecule has 1 amide bonds. The van der Waals surface area contributed by atoms with E-state index in [0.29, 0.717) is 12.5 Å². The first-order valence-corrected chi connectivity index (χ1v) is 11.8. The molecule has 12 heteroatoms. The van der Waals surface area contributed by atoms with Crippen molar-refractivity contribution < 1.29 is 26.7 Å². The van der Waals surface area contributed by atoms with Crippen molar-refractivity contribution in [2.45, 2.75) is 25.3 Å². The van der Waals surface area contributed by atoms with Crippen LogP contribution in [0.2, 0.25) is 0 Å². The zero-order valence-electron chi connectivity index (χ0n) is 18.0. The van der Waals surface area contributed by atoms with Crippen molar-refractivity contribution in [3.05, 3.63) is 53.4 Å². The number of guanidine groups is 1. The van der Waals surface area contributed by atoms with Gasteiger partial charge in [0.1, 0.15) is 11.6 Å². The fraction of sp³-hybridized carbons (Fsp3) is 0.381. The average Bonchev–Trinajstić information content (AvgIpc) is 3.56. The summed E-state index contributed by atoms with van der Waals surface area (Å²) in [5.41, 5.74) is -1.89. The highest BCUT2D eigenvalue weighted by atomic mass is 32.2. The Morgan fingerprint density at radius 2 is 2.06 bits per heavy atom. The van der Waals surface area contributed by atoms with Crippen LogP contribution in [-0.4, -0.2) is 49.0 Å². The van der Waals surface area contributed by atoms with E-state index in [4.69, 9.17) is 10.1 Å². The third-order valence-corrected chi connectivity index (χ3v) is 7.59. The van der Waals surface area contributed by atoms with Gasteiger partial charge >= 0.3 is 0 Å². The van der Waals surface area contributed by atoms with Gasteiger partial charge in [0, 0.05) is 24.4 Å². The number of anilines is 1. The van der Waals surface area contributed by atoms with E-state index in [1.165, 1.54) is 32.3 Å². The maximum absolute atomic E-state index is 14.7. The lowest BCUT2D eigenvalue weighted by Gasteiger charge is -2.40. The Hall–Kier alpha value is -3.28. The predicted octanol–water partition coefficient (Wildman–Crippen LogP) is 2.42. The number of aromatic nitrogens is 1. The molecule has 1 aliphatic heterocycles. The van der Waals surface area contributed by atoms with Gasteiger partial charge in [-0.3, -0.25) is 10.2 Å². The molecule has 2 fully saturated rings. The molecule has 9 nitrogen and oxygen atoms in total. The fourth-order valence-corrected chi connectivity index (χ4v) is 4.98. The first-order chi connectivity index (χ1) is 15.5. The molecule has 0 radical (unpaired) electrons. The van der Waals surface area contributed by atoms with Crippen molar-refractivity contribution in [3.63, 3.8) is 0 Å². The minimum absolute atomic E-state index is 0.0704. The highest BCUT2D eigenvalue weighted by Gasteiger charge is 2.43. The second-order valence-electron chi connectivity index (χ2n) is 8.43. The summed E-state index contributed by atoms with van der Waals surface area (Å²) in [6.07, 6.45) is 3.42. The number of hydrogen-bond donors (Lipinski definition) is 3. The van der Waals surface area contributed by atoms with Gasteiger partial charge in [0.15, 0.2) is 11.5 Å². The summed E-state index contributed by atoms with van der Waals surface area (Å²) in [6, 6.07) is 4.66. The molecule has 3 N–H and O–H groups in total. The minimum Gasteiger partial charge on any atom is -0.492 e. The molecule has 33 heavy (non-hydrogen) atoms. The molecule has 1 atom stereocenters. The lowest BCUT2D eigenvalue weighted by Crippen LogP contribution is -2.61. The van der Waals surface area contributed by atoms with Gasteiger partial charge in [-0.25, -0.2) is 26.5 Å². The number of halogens is 2. The number of sulfonamides is 1. The van der Waals surface area contributed by atoms with Crippen LogP contribution in [0.5, 0.6) is 5.75 Å². The van der Waals surface area contributed by atoms with Crippen LogP contribution < -0.4 is 15.4 Å². The molecular formula is C21H23F2N5O4S. The van der Waals surface area contributed by atoms with Crippen LogP contribution in [0.1, 0.15) is 35.8 Å². The first-order valence-electron chi connectivity index (χ1n) is 10.2. The van der Waals surface area contributed by atoms with Crippen LogP contribution in [0.15, 0.2) is 30.5 Å². The van der Waals surface area contributed by atoms with E-state index in [1.54, 1.807) is 0 Å². The monoisotopic (exact) mass is 479 g/mol. The van der Waals surface area contributed by atoms with Gasteiger partial charge in [-0.05, 0) is 43.9 Å². The van der Waals surface area contributed by atoms with Crippen molar-refractivity contribution in [3.8, 4) is 5.75 Å². The van der Waals surface area contributed by atoms with Gasteiger partial charge in [0.05, 0.1) is 24.1 Å². The number of hydrogen-bond acceptors (Lipinski definition) is 6. The van der Waals surface area contributed by atoms with E-state index in [1.807, 2.05) is 0 Å². The molecule has 2 aliphatic rings. The summed E-state index contributed by atoms with van der Waals surface area (Å²) >= 11 is 0. The lowest BCUT2D eigenvalue weighted by atomic mass is 9.93. The molecule has 1 saturated heterocycles. The third-order valence-electron chi connectivity index (χ3n) is 5.63. The third kappa shape index (κ3) is 4.75. The molecule has 2 aromatic rings. The molecule has 1 saturated carbocycles. The maximum atomic E-state index is 14.7. The number of nitrogens with zero attached hydrogens (tertiary/aromatic N) is 2. The number of carbonyl (C=O) groups is 1. The summed E-state index contributed by atoms with van der Waals surface area (Å²) in [5, 5.41) is 13.0. The number of amides is 1. The van der Waals surface area contributed by atoms with Gasteiger partial charge in [-0.1, -0.05) is 0 Å². The molecule has 1 aromatic carbocycles. The van der Waals surface area contributed by atoms with Crippen LogP contribution in [0, 0.1) is 23.0 Å². The van der Waals surface area contributed by atoms with Crippen LogP contribution in [0.25, 0.3) is 0 Å². The number of nitrogens with one attached hydrogen (secondary N) is 3. The van der Waals surface area contributed by atoms with E-state index in [2.05, 4.69) is 15.6 Å². The van der Waals surface area contributed by atoms with Crippen molar-refractivity contribution in [1.82, 2.24) is 14.6 Å². The lowest BCUT2D eigenvalue weighted by molar-refractivity contribution is 0.101. The smallest absolute Gasteiger partial charge is 0.277 e. The van der Waals surface area contributed by atoms with Crippen LogP contribution in [-0.2, 0) is 15.6 Å². The molecule has 1 aromatic heterocycles. The Morgan fingerprint density at radius 3 is 2.70 bits per heavy atom. The quantitative estimate of drug-likeness (QED) is 0.585. The molecular weight excluding hydrogens is 456 g/mol. The summed E-state index contributed by atoms with van der Waals surface area (Å²) in [5.74, 6) is -2.67. The SMILES string of the molecule is CN1C(=N)N[C@](C)(c2cc(NC(=O)c3ncc(OCC4CC4)cc3F)ccc2F)CS1(=O)=O. The highest BCUT2D eigenvalue weighted by Crippen LogP contribution is 2.32. The topological polar surface area (TPSA) is 124 Å². The summed E-state index contributed by atoms with van der Waals surface area (Å²) < 4.78 is 60.1. The van der Waals surface area contributed by atoms with Crippen molar-refractivity contribution in [2.24, 2.45) is 5.92 Å². The zero-order chi connectivity index (χ0) is 24.0. The Morgan fingerprint density at radius 1 is 1.33 bits per heavy atom. The van der Waals surface area contributed by atoms with Crippen molar-refractivity contribution in [1.29, 1.82) is 5.41 Å². The van der Waals surface area contributed by atoms with E-state index in [9.17, 15) is 22.0 Å². The van der Waals surface area contributed by atoms with Gasteiger partial charge in [0.25, 0.3) is 5.91 Å². The van der Waals surface area contributed by atoms with E-state index < -0.39 is 50.5 Å². The number of pyridine rings is 1. The standard InChI is InChI=1S/C21H23F2N5O4S/c1-21(11-33(30,31)28(2)20(24)27-21)15-7-13(5-6-16(15)22)26-19(29)18-17(23)8-14(9-25-18)32-10-12-3-4-12/h5-9,12H,3-4,10-11H2,1-2H3,(H2,24,27)(H,26,29)/t21-/m0/s1. The Balaban J connectivity index is 1.54. The van der Waals surface area contributed by atoms with Crippen LogP contribution in [0.4, 0.5) is 14.5 Å². The number of rotatable bonds is 6. The van der Waals surface area contributed by atoms with Crippen molar-refractivity contribution >= 4 is 27.6 Å². The summed E-state index contributed by atoms with van der Waals surface area (Å²) in [6.45, 7) is 1.92. The Kier molecular flexibility index (Phi) is 5.72. The maximum Gasteiger partial charge on any atom is 0.277 e. The zero-order valence-corrected chi connectivity index (χ0v) is 18.8. The number of benzene rings is 1. The second-order valence-corrected chi connectivity index (χ2v) is 10.4. The van der Waals surface area contributed by atoms with E-state index >= 15 is 0 Å². The molecule has 0 unspecified atom stereocenters. The minimum atomic E-state index is -3.86. The first kappa shape index (κ1) is 22.9. The summed E-state index contributed by atoms with van der Waals surface area (Å²) in [7, 11) is -2.63. The van der Waals surface area contributed by atoms with Crippen molar-refractivity contribution in [2.75, 3.05) is 24.7 Å². The van der Waals surface area contributed by atoms with Gasteiger partial charge in [-0.2, -0.15) is 0 Å². The normalized spacial score (nSPS) is 21.9. The number of carbonyl (C=O) groups excluding carboxylic acids is 1. The molecule has 1 aliphatic carbocycles. The van der Waals surface area contributed by atoms with Gasteiger partial charge in [-0.15, -0.1) is 0 Å². The second kappa shape index (κ2) is 8.25. The predicted molar refractivity (Wildman–Crippen MR) is 117 cm³/mol. The van der Waals surface area contributed by atoms with E-state index in [-0.39, 0.29) is 17.0 Å². The van der Waals surface area contributed by atoms with Gasteiger partial charge in [0.2, 0.25) is 16.0 Å².